The molecule has 0 heterocycles. The fraction of sp³-hybridized carbons (Fsp3) is 0.485. The van der Waals surface area contributed by atoms with Crippen LogP contribution in [-0.2, 0) is 29.8 Å². The first-order chi connectivity index (χ1) is 19.8. The SMILES string of the molecule is CN[C@H](C(=O)N[C@H](C(=O)N(C)[C@H](C=C(C)C(=O)NS(=O)(=O)c1ccccc1)C(C)C)C(C)(C)C)C(C)(C)c1ccccc1. The second-order valence-corrected chi connectivity index (χ2v) is 14.6. The van der Waals surface area contributed by atoms with Crippen molar-refractivity contribution >= 4 is 27.7 Å². The van der Waals surface area contributed by atoms with Crippen LogP contribution < -0.4 is 15.4 Å². The van der Waals surface area contributed by atoms with Gasteiger partial charge in [0.1, 0.15) is 6.04 Å². The van der Waals surface area contributed by atoms with Crippen LogP contribution in [0.4, 0.5) is 0 Å². The first kappa shape index (κ1) is 35.7. The van der Waals surface area contributed by atoms with Gasteiger partial charge >= 0.3 is 0 Å². The van der Waals surface area contributed by atoms with Crippen molar-refractivity contribution in [2.75, 3.05) is 14.1 Å². The van der Waals surface area contributed by atoms with Crippen molar-refractivity contribution in [3.63, 3.8) is 0 Å². The molecule has 0 aliphatic carbocycles. The van der Waals surface area contributed by atoms with E-state index >= 15 is 0 Å². The second kappa shape index (κ2) is 14.3. The average molecular weight is 613 g/mol. The fourth-order valence-electron chi connectivity index (χ4n) is 5.02. The topological polar surface area (TPSA) is 125 Å². The van der Waals surface area contributed by atoms with Crippen LogP contribution in [-0.4, -0.2) is 63.3 Å². The Morgan fingerprint density at radius 2 is 1.37 bits per heavy atom. The van der Waals surface area contributed by atoms with E-state index in [2.05, 4.69) is 15.4 Å². The van der Waals surface area contributed by atoms with Crippen LogP contribution in [0.1, 0.15) is 61.0 Å². The number of sulfonamides is 1. The molecular weight excluding hydrogens is 564 g/mol. The molecule has 2 aromatic carbocycles. The summed E-state index contributed by atoms with van der Waals surface area (Å²) in [4.78, 5) is 42.2. The number of nitrogens with one attached hydrogen (secondary N) is 3. The molecule has 3 atom stereocenters. The standard InChI is InChI=1S/C33H48N4O5S/c1-22(2)26(21-23(3)29(38)36-43(41,42)25-19-15-12-16-20-25)37(10)31(40)28(32(4,5)6)35-30(39)27(34-9)33(7,8)24-17-13-11-14-18-24/h11-22,26-28,34H,1-10H3,(H,35,39)(H,36,38)/t26-,27-,28-/m1/s1. The number of benzene rings is 2. The minimum atomic E-state index is -4.06. The number of hydrogen-bond donors (Lipinski definition) is 3. The van der Waals surface area contributed by atoms with E-state index in [4.69, 9.17) is 0 Å². The van der Waals surface area contributed by atoms with Gasteiger partial charge in [0, 0.05) is 18.0 Å². The lowest BCUT2D eigenvalue weighted by atomic mass is 9.76. The molecule has 0 aliphatic rings. The van der Waals surface area contributed by atoms with Gasteiger partial charge in [-0.2, -0.15) is 0 Å². The zero-order valence-corrected chi connectivity index (χ0v) is 27.9. The fourth-order valence-corrected chi connectivity index (χ4v) is 6.06. The third-order valence-corrected chi connectivity index (χ3v) is 9.07. The van der Waals surface area contributed by atoms with E-state index in [9.17, 15) is 22.8 Å². The van der Waals surface area contributed by atoms with Gasteiger partial charge in [0.25, 0.3) is 15.9 Å². The number of rotatable bonds is 12. The molecule has 43 heavy (non-hydrogen) atoms. The predicted octanol–water partition coefficient (Wildman–Crippen LogP) is 4.02. The lowest BCUT2D eigenvalue weighted by molar-refractivity contribution is -0.140. The highest BCUT2D eigenvalue weighted by Gasteiger charge is 2.41. The maximum atomic E-state index is 14.0. The summed E-state index contributed by atoms with van der Waals surface area (Å²) < 4.78 is 27.5. The summed E-state index contributed by atoms with van der Waals surface area (Å²) in [5.41, 5.74) is -0.0922. The Hall–Kier alpha value is -3.50. The molecule has 3 N–H and O–H groups in total. The van der Waals surface area contributed by atoms with Crippen molar-refractivity contribution < 1.29 is 22.8 Å². The highest BCUT2D eigenvalue weighted by Crippen LogP contribution is 2.29. The van der Waals surface area contributed by atoms with Gasteiger partial charge in [0.05, 0.1) is 17.0 Å². The Bertz CT molecular complexity index is 1400. The largest absolute Gasteiger partial charge is 0.342 e. The maximum absolute atomic E-state index is 14.0. The normalized spacial score (nSPS) is 14.9. The summed E-state index contributed by atoms with van der Waals surface area (Å²) in [6, 6.07) is 15.3. The number of likely N-dealkylation sites (N-methyl/N-ethyl adjacent to an activating group) is 2. The van der Waals surface area contributed by atoms with Crippen molar-refractivity contribution in [2.45, 2.75) is 83.8 Å². The summed E-state index contributed by atoms with van der Waals surface area (Å²) in [6.07, 6.45) is 1.59. The Morgan fingerprint density at radius 1 is 0.860 bits per heavy atom. The van der Waals surface area contributed by atoms with Crippen LogP contribution in [0.15, 0.2) is 77.2 Å². The summed E-state index contributed by atoms with van der Waals surface area (Å²) in [5.74, 6) is -1.54. The van der Waals surface area contributed by atoms with E-state index in [1.807, 2.05) is 78.8 Å². The van der Waals surface area contributed by atoms with Crippen LogP contribution >= 0.6 is 0 Å². The van der Waals surface area contributed by atoms with Gasteiger partial charge < -0.3 is 15.5 Å². The van der Waals surface area contributed by atoms with Gasteiger partial charge in [0.15, 0.2) is 0 Å². The van der Waals surface area contributed by atoms with Crippen LogP contribution in [0.3, 0.4) is 0 Å². The Labute approximate surface area is 257 Å². The summed E-state index contributed by atoms with van der Waals surface area (Å²) in [6.45, 7) is 14.9. The minimum Gasteiger partial charge on any atom is -0.342 e. The minimum absolute atomic E-state index is 0.0251. The second-order valence-electron chi connectivity index (χ2n) is 12.9. The van der Waals surface area contributed by atoms with Crippen molar-refractivity contribution in [3.05, 3.63) is 77.9 Å². The van der Waals surface area contributed by atoms with Gasteiger partial charge in [-0.1, -0.05) is 103 Å². The molecule has 2 aromatic rings. The molecule has 0 bridgehead atoms. The number of carbonyl (C=O) groups excluding carboxylic acids is 3. The molecule has 0 spiro atoms. The molecule has 0 unspecified atom stereocenters. The molecule has 236 valence electrons. The molecule has 0 saturated carbocycles. The smallest absolute Gasteiger partial charge is 0.264 e. The average Bonchev–Trinajstić information content (AvgIpc) is 2.93. The monoisotopic (exact) mass is 612 g/mol. The zero-order chi connectivity index (χ0) is 32.8. The van der Waals surface area contributed by atoms with E-state index in [-0.39, 0.29) is 28.2 Å². The molecule has 0 aliphatic heterocycles. The molecule has 2 rings (SSSR count). The van der Waals surface area contributed by atoms with E-state index in [0.29, 0.717) is 0 Å². The first-order valence-electron chi connectivity index (χ1n) is 14.4. The summed E-state index contributed by atoms with van der Waals surface area (Å²) in [5, 5.41) is 6.15. The van der Waals surface area contributed by atoms with Gasteiger partial charge in [-0.3, -0.25) is 14.4 Å². The van der Waals surface area contributed by atoms with E-state index in [0.717, 1.165) is 5.56 Å². The predicted molar refractivity (Wildman–Crippen MR) is 171 cm³/mol. The van der Waals surface area contributed by atoms with E-state index < -0.39 is 44.9 Å². The van der Waals surface area contributed by atoms with Crippen molar-refractivity contribution in [1.82, 2.24) is 20.3 Å². The van der Waals surface area contributed by atoms with Gasteiger partial charge in [-0.15, -0.1) is 0 Å². The number of carbonyl (C=O) groups is 3. The van der Waals surface area contributed by atoms with Crippen LogP contribution in [0.2, 0.25) is 0 Å². The molecule has 0 radical (unpaired) electrons. The summed E-state index contributed by atoms with van der Waals surface area (Å²) in [7, 11) is -0.709. The third kappa shape index (κ3) is 9.00. The van der Waals surface area contributed by atoms with Gasteiger partial charge in [-0.25, -0.2) is 13.1 Å². The third-order valence-electron chi connectivity index (χ3n) is 7.73. The quantitative estimate of drug-likeness (QED) is 0.311. The van der Waals surface area contributed by atoms with Crippen LogP contribution in [0, 0.1) is 11.3 Å². The molecule has 10 heteroatoms. The summed E-state index contributed by atoms with van der Waals surface area (Å²) >= 11 is 0. The van der Waals surface area contributed by atoms with Crippen molar-refractivity contribution in [1.29, 1.82) is 0 Å². The van der Waals surface area contributed by atoms with Crippen molar-refractivity contribution in [2.24, 2.45) is 11.3 Å². The molecule has 0 saturated heterocycles. The highest BCUT2D eigenvalue weighted by molar-refractivity contribution is 7.90. The molecule has 0 aromatic heterocycles. The Morgan fingerprint density at radius 3 is 1.84 bits per heavy atom. The molecule has 9 nitrogen and oxygen atoms in total. The van der Waals surface area contributed by atoms with Gasteiger partial charge in [0.2, 0.25) is 11.8 Å². The molecular formula is C33H48N4O5S. The number of nitrogens with zero attached hydrogens (tertiary/aromatic N) is 1. The van der Waals surface area contributed by atoms with Crippen LogP contribution in [0.5, 0.6) is 0 Å². The lowest BCUT2D eigenvalue weighted by Crippen LogP contribution is -2.61. The Balaban J connectivity index is 2.33. The van der Waals surface area contributed by atoms with Crippen LogP contribution in [0.25, 0.3) is 0 Å². The Kier molecular flexibility index (Phi) is 11.9. The maximum Gasteiger partial charge on any atom is 0.264 e. The number of hydrogen-bond acceptors (Lipinski definition) is 6. The molecule has 0 fully saturated rings. The van der Waals surface area contributed by atoms with E-state index in [1.54, 1.807) is 38.4 Å². The lowest BCUT2D eigenvalue weighted by Gasteiger charge is -2.40. The number of amides is 3. The zero-order valence-electron chi connectivity index (χ0n) is 27.1. The van der Waals surface area contributed by atoms with Crippen molar-refractivity contribution in [3.8, 4) is 0 Å². The van der Waals surface area contributed by atoms with E-state index in [1.165, 1.54) is 24.0 Å². The van der Waals surface area contributed by atoms with Gasteiger partial charge in [-0.05, 0) is 43.0 Å². The molecule has 3 amide bonds. The first-order valence-corrected chi connectivity index (χ1v) is 15.9. The highest BCUT2D eigenvalue weighted by atomic mass is 32.2.